The largest absolute Gasteiger partial charge is 0.312 e. The predicted molar refractivity (Wildman–Crippen MR) is 80.8 cm³/mol. The number of hydrazone groups is 1. The second-order valence-electron chi connectivity index (χ2n) is 4.51. The van der Waals surface area contributed by atoms with Gasteiger partial charge >= 0.3 is 0 Å². The molecule has 0 saturated carbocycles. The van der Waals surface area contributed by atoms with Crippen LogP contribution in [0.2, 0.25) is 0 Å². The quantitative estimate of drug-likeness (QED) is 0.585. The topological polar surface area (TPSA) is 55.1 Å². The van der Waals surface area contributed by atoms with E-state index < -0.39 is 0 Å². The van der Waals surface area contributed by atoms with Gasteiger partial charge in [0.25, 0.3) is 0 Å². The zero-order chi connectivity index (χ0) is 13.9. The molecule has 0 radical (unpaired) electrons. The number of imidazole rings is 1. The van der Waals surface area contributed by atoms with Crippen molar-refractivity contribution >= 4 is 22.7 Å². The van der Waals surface area contributed by atoms with Crippen molar-refractivity contribution in [2.75, 3.05) is 5.43 Å². The van der Waals surface area contributed by atoms with Crippen LogP contribution in [-0.2, 0) is 7.05 Å². The summed E-state index contributed by atoms with van der Waals surface area (Å²) in [4.78, 5) is 8.76. The van der Waals surface area contributed by atoms with Crippen LogP contribution in [0.1, 0.15) is 12.6 Å². The molecule has 0 spiro atoms. The summed E-state index contributed by atoms with van der Waals surface area (Å²) in [7, 11) is 1.96. The van der Waals surface area contributed by atoms with Crippen molar-refractivity contribution in [2.45, 2.75) is 6.92 Å². The minimum absolute atomic E-state index is 0.710. The Labute approximate surface area is 117 Å². The summed E-state index contributed by atoms with van der Waals surface area (Å²) >= 11 is 0. The number of para-hydroxylation sites is 2. The molecule has 100 valence electrons. The van der Waals surface area contributed by atoms with Crippen LogP contribution in [0.4, 0.5) is 5.95 Å². The van der Waals surface area contributed by atoms with Crippen LogP contribution < -0.4 is 5.43 Å². The lowest BCUT2D eigenvalue weighted by Gasteiger charge is -2.03. The summed E-state index contributed by atoms with van der Waals surface area (Å²) in [5.74, 6) is 0.710. The van der Waals surface area contributed by atoms with Crippen molar-refractivity contribution in [3.63, 3.8) is 0 Å². The van der Waals surface area contributed by atoms with Crippen LogP contribution in [-0.4, -0.2) is 20.2 Å². The molecule has 0 saturated heterocycles. The standard InChI is InChI=1S/C15H15N5/c1-11(12-7-5-6-10-16-12)18-19-15-17-13-8-3-4-9-14(13)20(15)2/h3-10H,1-2H3,(H,17,19)/b18-11-. The van der Waals surface area contributed by atoms with Crippen LogP contribution >= 0.6 is 0 Å². The van der Waals surface area contributed by atoms with Gasteiger partial charge in [0.2, 0.25) is 5.95 Å². The van der Waals surface area contributed by atoms with Crippen molar-refractivity contribution in [1.82, 2.24) is 14.5 Å². The predicted octanol–water partition coefficient (Wildman–Crippen LogP) is 2.80. The van der Waals surface area contributed by atoms with Gasteiger partial charge in [0.05, 0.1) is 22.4 Å². The van der Waals surface area contributed by atoms with Crippen molar-refractivity contribution in [2.24, 2.45) is 12.1 Å². The Morgan fingerprint density at radius 3 is 2.70 bits per heavy atom. The molecule has 0 unspecified atom stereocenters. The molecular weight excluding hydrogens is 250 g/mol. The van der Waals surface area contributed by atoms with Crippen molar-refractivity contribution in [1.29, 1.82) is 0 Å². The summed E-state index contributed by atoms with van der Waals surface area (Å²) in [6.07, 6.45) is 1.75. The second kappa shape index (κ2) is 5.13. The normalized spacial score (nSPS) is 11.8. The van der Waals surface area contributed by atoms with Crippen LogP contribution in [0.15, 0.2) is 53.8 Å². The van der Waals surface area contributed by atoms with Gasteiger partial charge < -0.3 is 4.57 Å². The molecule has 0 fully saturated rings. The first-order chi connectivity index (χ1) is 9.75. The number of anilines is 1. The first kappa shape index (κ1) is 12.3. The molecule has 0 aliphatic rings. The van der Waals surface area contributed by atoms with Gasteiger partial charge in [-0.15, -0.1) is 0 Å². The van der Waals surface area contributed by atoms with Crippen LogP contribution in [0, 0.1) is 0 Å². The van der Waals surface area contributed by atoms with Crippen LogP contribution in [0.5, 0.6) is 0 Å². The maximum absolute atomic E-state index is 4.50. The fourth-order valence-corrected chi connectivity index (χ4v) is 2.01. The van der Waals surface area contributed by atoms with Gasteiger partial charge in [-0.05, 0) is 31.2 Å². The molecule has 0 atom stereocenters. The molecule has 0 amide bonds. The molecule has 5 nitrogen and oxygen atoms in total. The summed E-state index contributed by atoms with van der Waals surface area (Å²) in [5.41, 5.74) is 6.68. The monoisotopic (exact) mass is 265 g/mol. The van der Waals surface area contributed by atoms with E-state index in [0.717, 1.165) is 22.4 Å². The molecule has 0 aliphatic carbocycles. The number of rotatable bonds is 3. The van der Waals surface area contributed by atoms with Gasteiger partial charge in [-0.3, -0.25) is 4.98 Å². The molecular formula is C15H15N5. The van der Waals surface area contributed by atoms with E-state index in [-0.39, 0.29) is 0 Å². The highest BCUT2D eigenvalue weighted by atomic mass is 15.4. The molecule has 5 heteroatoms. The fourth-order valence-electron chi connectivity index (χ4n) is 2.01. The lowest BCUT2D eigenvalue weighted by Crippen LogP contribution is -2.04. The van der Waals surface area contributed by atoms with E-state index in [4.69, 9.17) is 0 Å². The Bertz CT molecular complexity index is 758. The lowest BCUT2D eigenvalue weighted by atomic mass is 10.3. The third-order valence-corrected chi connectivity index (χ3v) is 3.15. The zero-order valence-electron chi connectivity index (χ0n) is 11.4. The number of nitrogens with one attached hydrogen (secondary N) is 1. The van der Waals surface area contributed by atoms with Crippen LogP contribution in [0.3, 0.4) is 0 Å². The Morgan fingerprint density at radius 1 is 1.15 bits per heavy atom. The van der Waals surface area contributed by atoms with E-state index in [0.29, 0.717) is 5.95 Å². The summed E-state index contributed by atoms with van der Waals surface area (Å²) < 4.78 is 1.98. The van der Waals surface area contributed by atoms with E-state index in [9.17, 15) is 0 Å². The van der Waals surface area contributed by atoms with Gasteiger partial charge in [0.1, 0.15) is 0 Å². The number of benzene rings is 1. The van der Waals surface area contributed by atoms with E-state index >= 15 is 0 Å². The smallest absolute Gasteiger partial charge is 0.224 e. The second-order valence-corrected chi connectivity index (χ2v) is 4.51. The highest BCUT2D eigenvalue weighted by Gasteiger charge is 2.06. The average Bonchev–Trinajstić information content (AvgIpc) is 2.83. The SMILES string of the molecule is C/C(=N/Nc1nc2ccccc2n1C)c1ccccn1. The fraction of sp³-hybridized carbons (Fsp3) is 0.133. The number of aromatic nitrogens is 3. The number of fused-ring (bicyclic) bond motifs is 1. The molecule has 0 aliphatic heterocycles. The Hall–Kier alpha value is -2.69. The Kier molecular flexibility index (Phi) is 3.16. The molecule has 1 aromatic carbocycles. The Balaban J connectivity index is 1.89. The maximum atomic E-state index is 4.50. The van der Waals surface area contributed by atoms with Crippen molar-refractivity contribution < 1.29 is 0 Å². The van der Waals surface area contributed by atoms with Gasteiger partial charge in [0.15, 0.2) is 0 Å². The highest BCUT2D eigenvalue weighted by Crippen LogP contribution is 2.17. The van der Waals surface area contributed by atoms with Gasteiger partial charge in [-0.2, -0.15) is 5.10 Å². The molecule has 20 heavy (non-hydrogen) atoms. The van der Waals surface area contributed by atoms with Gasteiger partial charge in [-0.25, -0.2) is 10.4 Å². The minimum atomic E-state index is 0.710. The number of pyridine rings is 1. The minimum Gasteiger partial charge on any atom is -0.312 e. The number of aryl methyl sites for hydroxylation is 1. The van der Waals surface area contributed by atoms with E-state index in [1.54, 1.807) is 6.20 Å². The summed E-state index contributed by atoms with van der Waals surface area (Å²) in [5, 5.41) is 4.34. The molecule has 2 aromatic heterocycles. The molecule has 1 N–H and O–H groups in total. The zero-order valence-corrected chi connectivity index (χ0v) is 11.4. The molecule has 0 bridgehead atoms. The van der Waals surface area contributed by atoms with Crippen molar-refractivity contribution in [3.8, 4) is 0 Å². The summed E-state index contributed by atoms with van der Waals surface area (Å²) in [6.45, 7) is 1.91. The third-order valence-electron chi connectivity index (χ3n) is 3.15. The van der Waals surface area contributed by atoms with Gasteiger partial charge in [0, 0.05) is 13.2 Å². The number of nitrogens with zero attached hydrogens (tertiary/aromatic N) is 4. The van der Waals surface area contributed by atoms with Crippen molar-refractivity contribution in [3.05, 3.63) is 54.4 Å². The molecule has 3 aromatic rings. The van der Waals surface area contributed by atoms with Gasteiger partial charge in [-0.1, -0.05) is 18.2 Å². The molecule has 3 rings (SSSR count). The number of hydrogen-bond donors (Lipinski definition) is 1. The maximum Gasteiger partial charge on any atom is 0.224 e. The first-order valence-electron chi connectivity index (χ1n) is 6.39. The van der Waals surface area contributed by atoms with E-state index in [2.05, 4.69) is 20.5 Å². The lowest BCUT2D eigenvalue weighted by molar-refractivity contribution is 0.942. The third kappa shape index (κ3) is 2.25. The summed E-state index contributed by atoms with van der Waals surface area (Å²) in [6, 6.07) is 13.7. The highest BCUT2D eigenvalue weighted by molar-refractivity contribution is 5.97. The molecule has 2 heterocycles. The van der Waals surface area contributed by atoms with E-state index in [1.807, 2.05) is 61.0 Å². The number of hydrogen-bond acceptors (Lipinski definition) is 4. The Morgan fingerprint density at radius 2 is 1.95 bits per heavy atom. The first-order valence-corrected chi connectivity index (χ1v) is 6.39. The average molecular weight is 265 g/mol. The van der Waals surface area contributed by atoms with E-state index in [1.165, 1.54) is 0 Å². The van der Waals surface area contributed by atoms with Crippen LogP contribution in [0.25, 0.3) is 11.0 Å².